The topological polar surface area (TPSA) is 53.3 Å². The van der Waals surface area contributed by atoms with Crippen LogP contribution in [0.25, 0.3) is 0 Å². The number of piperidine rings is 1. The number of amides is 1. The van der Waals surface area contributed by atoms with Crippen LogP contribution in [-0.4, -0.2) is 31.0 Å². The Hall–Kier alpha value is -1.54. The van der Waals surface area contributed by atoms with Crippen molar-refractivity contribution < 1.29 is 9.53 Å². The number of benzene rings is 1. The fourth-order valence-electron chi connectivity index (χ4n) is 2.42. The number of rotatable bonds is 4. The van der Waals surface area contributed by atoms with E-state index in [0.717, 1.165) is 28.6 Å². The largest absolute Gasteiger partial charge is 0.496 e. The minimum Gasteiger partial charge on any atom is -0.496 e. The molecule has 1 heterocycles. The van der Waals surface area contributed by atoms with Gasteiger partial charge in [0.25, 0.3) is 0 Å². The van der Waals surface area contributed by atoms with Gasteiger partial charge in [0.1, 0.15) is 5.75 Å². The Morgan fingerprint density at radius 2 is 2.35 bits per heavy atom. The van der Waals surface area contributed by atoms with Crippen molar-refractivity contribution in [3.05, 3.63) is 28.2 Å². The Labute approximate surface area is 127 Å². The van der Waals surface area contributed by atoms with Crippen LogP contribution >= 0.6 is 15.9 Å². The lowest BCUT2D eigenvalue weighted by molar-refractivity contribution is -0.134. The molecule has 4 nitrogen and oxygen atoms in total. The summed E-state index contributed by atoms with van der Waals surface area (Å²) in [4.78, 5) is 13.8. The van der Waals surface area contributed by atoms with E-state index < -0.39 is 0 Å². The van der Waals surface area contributed by atoms with Crippen molar-refractivity contribution in [2.45, 2.75) is 19.3 Å². The number of carbonyl (C=O) groups is 1. The number of hydrogen-bond acceptors (Lipinski definition) is 3. The number of methoxy groups -OCH3 is 1. The van der Waals surface area contributed by atoms with Gasteiger partial charge < -0.3 is 9.64 Å². The first kappa shape index (κ1) is 14.9. The lowest BCUT2D eigenvalue weighted by atomic mass is 9.97. The molecule has 1 aliphatic rings. The molecule has 1 atom stereocenters. The van der Waals surface area contributed by atoms with Gasteiger partial charge in [-0.2, -0.15) is 5.26 Å². The summed E-state index contributed by atoms with van der Waals surface area (Å²) >= 11 is 3.45. The first-order chi connectivity index (χ1) is 9.63. The highest BCUT2D eigenvalue weighted by atomic mass is 79.9. The summed E-state index contributed by atoms with van der Waals surface area (Å²) < 4.78 is 6.34. The Bertz CT molecular complexity index is 539. The number of ether oxygens (including phenoxy) is 1. The third-order valence-corrected chi connectivity index (χ3v) is 4.09. The van der Waals surface area contributed by atoms with Gasteiger partial charge in [-0.1, -0.05) is 15.9 Å². The zero-order chi connectivity index (χ0) is 14.5. The Morgan fingerprint density at radius 1 is 1.55 bits per heavy atom. The molecule has 5 heteroatoms. The number of nitrogens with zero attached hydrogens (tertiary/aromatic N) is 2. The van der Waals surface area contributed by atoms with Gasteiger partial charge in [-0.3, -0.25) is 4.79 Å². The minimum atomic E-state index is -0.112. The van der Waals surface area contributed by atoms with Gasteiger partial charge in [0.2, 0.25) is 5.91 Å². The van der Waals surface area contributed by atoms with Gasteiger partial charge in [-0.05, 0) is 36.6 Å². The molecule has 1 aromatic rings. The molecule has 0 radical (unpaired) electrons. The summed E-state index contributed by atoms with van der Waals surface area (Å²) in [6.45, 7) is 1.34. The number of likely N-dealkylation sites (tertiary alicyclic amines) is 1. The zero-order valence-electron chi connectivity index (χ0n) is 11.4. The highest BCUT2D eigenvalue weighted by Crippen LogP contribution is 2.24. The Morgan fingerprint density at radius 3 is 3.00 bits per heavy atom. The zero-order valence-corrected chi connectivity index (χ0v) is 13.0. The second-order valence-electron chi connectivity index (χ2n) is 4.91. The van der Waals surface area contributed by atoms with Crippen molar-refractivity contribution in [1.29, 1.82) is 5.26 Å². The van der Waals surface area contributed by atoms with Crippen molar-refractivity contribution in [2.75, 3.05) is 20.2 Å². The van der Waals surface area contributed by atoms with Crippen LogP contribution in [0.2, 0.25) is 0 Å². The van der Waals surface area contributed by atoms with E-state index in [-0.39, 0.29) is 11.8 Å². The van der Waals surface area contributed by atoms with Gasteiger partial charge in [0.15, 0.2) is 0 Å². The number of halogens is 1. The van der Waals surface area contributed by atoms with E-state index in [1.807, 2.05) is 23.1 Å². The summed E-state index contributed by atoms with van der Waals surface area (Å²) in [6.07, 6.45) is 1.88. The molecule has 1 aliphatic heterocycles. The monoisotopic (exact) mass is 336 g/mol. The first-order valence-corrected chi connectivity index (χ1v) is 7.43. The van der Waals surface area contributed by atoms with Crippen molar-refractivity contribution in [1.82, 2.24) is 4.90 Å². The van der Waals surface area contributed by atoms with Crippen LogP contribution in [0.5, 0.6) is 5.75 Å². The van der Waals surface area contributed by atoms with Crippen LogP contribution in [0.3, 0.4) is 0 Å². The fraction of sp³-hybridized carbons (Fsp3) is 0.467. The number of hydrogen-bond donors (Lipinski definition) is 0. The average molecular weight is 337 g/mol. The smallest absolute Gasteiger partial charge is 0.223 e. The van der Waals surface area contributed by atoms with Crippen LogP contribution in [0, 0.1) is 17.2 Å². The maximum atomic E-state index is 11.9. The summed E-state index contributed by atoms with van der Waals surface area (Å²) in [6, 6.07) is 8.06. The molecule has 1 fully saturated rings. The van der Waals surface area contributed by atoms with Crippen molar-refractivity contribution in [3.8, 4) is 11.8 Å². The summed E-state index contributed by atoms with van der Waals surface area (Å²) in [7, 11) is 1.65. The van der Waals surface area contributed by atoms with Gasteiger partial charge in [0, 0.05) is 24.0 Å². The van der Waals surface area contributed by atoms with E-state index in [1.165, 1.54) is 0 Å². The van der Waals surface area contributed by atoms with E-state index >= 15 is 0 Å². The molecule has 1 amide bonds. The molecule has 1 aromatic carbocycles. The lowest BCUT2D eigenvalue weighted by Gasteiger charge is -2.29. The number of carbonyl (C=O) groups excluding carboxylic acids is 1. The average Bonchev–Trinajstić information content (AvgIpc) is 2.46. The van der Waals surface area contributed by atoms with E-state index in [1.54, 1.807) is 7.11 Å². The van der Waals surface area contributed by atoms with Crippen LogP contribution in [0.1, 0.15) is 18.4 Å². The second-order valence-corrected chi connectivity index (χ2v) is 5.82. The molecule has 20 heavy (non-hydrogen) atoms. The quantitative estimate of drug-likeness (QED) is 0.849. The second kappa shape index (κ2) is 6.76. The molecule has 106 valence electrons. The Balaban J connectivity index is 1.97. The van der Waals surface area contributed by atoms with Crippen molar-refractivity contribution >= 4 is 21.8 Å². The van der Waals surface area contributed by atoms with E-state index in [9.17, 15) is 4.79 Å². The molecule has 0 aliphatic carbocycles. The minimum absolute atomic E-state index is 0.0803. The molecule has 0 aromatic heterocycles. The highest BCUT2D eigenvalue weighted by Gasteiger charge is 2.25. The lowest BCUT2D eigenvalue weighted by Crippen LogP contribution is -2.39. The van der Waals surface area contributed by atoms with Crippen molar-refractivity contribution in [3.63, 3.8) is 0 Å². The summed E-state index contributed by atoms with van der Waals surface area (Å²) in [5.41, 5.74) is 1.08. The molecule has 0 spiro atoms. The predicted molar refractivity (Wildman–Crippen MR) is 79.3 cm³/mol. The predicted octanol–water partition coefficient (Wildman–Crippen LogP) is 2.76. The molecular formula is C15H17BrN2O2. The van der Waals surface area contributed by atoms with Gasteiger partial charge >= 0.3 is 0 Å². The SMILES string of the molecule is COc1ccc(Br)cc1CCN1CCC(C#N)CC1=O. The van der Waals surface area contributed by atoms with E-state index in [4.69, 9.17) is 10.00 Å². The summed E-state index contributed by atoms with van der Waals surface area (Å²) in [5.74, 6) is 0.809. The van der Waals surface area contributed by atoms with Gasteiger partial charge in [0.05, 0.1) is 19.1 Å². The molecule has 0 saturated carbocycles. The van der Waals surface area contributed by atoms with Gasteiger partial charge in [-0.15, -0.1) is 0 Å². The molecular weight excluding hydrogens is 320 g/mol. The normalized spacial score (nSPS) is 18.8. The standard InChI is InChI=1S/C15H17BrN2O2/c1-20-14-3-2-13(16)9-12(14)5-7-18-6-4-11(10-17)8-15(18)19/h2-3,9,11H,4-8H2,1H3. The van der Waals surface area contributed by atoms with Crippen LogP contribution in [0.4, 0.5) is 0 Å². The third-order valence-electron chi connectivity index (χ3n) is 3.60. The first-order valence-electron chi connectivity index (χ1n) is 6.64. The Kier molecular flexibility index (Phi) is 5.02. The van der Waals surface area contributed by atoms with Crippen LogP contribution in [-0.2, 0) is 11.2 Å². The van der Waals surface area contributed by atoms with Crippen molar-refractivity contribution in [2.24, 2.45) is 5.92 Å². The molecule has 1 unspecified atom stereocenters. The van der Waals surface area contributed by atoms with Crippen LogP contribution < -0.4 is 4.74 Å². The van der Waals surface area contributed by atoms with Crippen LogP contribution in [0.15, 0.2) is 22.7 Å². The summed E-state index contributed by atoms with van der Waals surface area (Å²) in [5, 5.41) is 8.86. The molecule has 2 rings (SSSR count). The highest BCUT2D eigenvalue weighted by molar-refractivity contribution is 9.10. The number of nitriles is 1. The maximum absolute atomic E-state index is 11.9. The third kappa shape index (κ3) is 3.51. The van der Waals surface area contributed by atoms with E-state index in [0.29, 0.717) is 19.5 Å². The molecule has 1 saturated heterocycles. The molecule has 0 N–H and O–H groups in total. The fourth-order valence-corrected chi connectivity index (χ4v) is 2.83. The molecule has 0 bridgehead atoms. The van der Waals surface area contributed by atoms with E-state index in [2.05, 4.69) is 22.0 Å². The van der Waals surface area contributed by atoms with Gasteiger partial charge in [-0.25, -0.2) is 0 Å². The maximum Gasteiger partial charge on any atom is 0.223 e.